The zero-order valence-electron chi connectivity index (χ0n) is 7.41. The molecule has 1 aromatic rings. The Labute approximate surface area is 80.7 Å². The number of rotatable bonds is 2. The van der Waals surface area contributed by atoms with Gasteiger partial charge in [0, 0.05) is 5.54 Å². The minimum atomic E-state index is -0.101. The van der Waals surface area contributed by atoms with Crippen LogP contribution < -0.4 is 5.32 Å². The predicted molar refractivity (Wildman–Crippen MR) is 49.6 cm³/mol. The molecule has 1 fully saturated rings. The third kappa shape index (κ3) is 1.70. The van der Waals surface area contributed by atoms with Gasteiger partial charge in [-0.2, -0.15) is 8.75 Å². The van der Waals surface area contributed by atoms with Gasteiger partial charge in [-0.1, -0.05) is 0 Å². The summed E-state index contributed by atoms with van der Waals surface area (Å²) in [6, 6.07) is 0. The maximum atomic E-state index is 11.5. The summed E-state index contributed by atoms with van der Waals surface area (Å²) in [6.07, 6.45) is 4.83. The van der Waals surface area contributed by atoms with Gasteiger partial charge in [0.1, 0.15) is 0 Å². The van der Waals surface area contributed by atoms with Crippen molar-refractivity contribution in [3.05, 3.63) is 11.9 Å². The van der Waals surface area contributed by atoms with Crippen molar-refractivity contribution in [1.29, 1.82) is 0 Å². The summed E-state index contributed by atoms with van der Waals surface area (Å²) in [6.45, 7) is 2.06. The van der Waals surface area contributed by atoms with Crippen LogP contribution in [-0.2, 0) is 0 Å². The van der Waals surface area contributed by atoms with Crippen LogP contribution in [0.15, 0.2) is 6.20 Å². The molecule has 0 aliphatic heterocycles. The molecule has 1 amide bonds. The first-order valence-electron chi connectivity index (χ1n) is 4.30. The molecule has 0 aromatic carbocycles. The quantitative estimate of drug-likeness (QED) is 0.775. The molecule has 1 aliphatic carbocycles. The van der Waals surface area contributed by atoms with Gasteiger partial charge in [-0.15, -0.1) is 0 Å². The largest absolute Gasteiger partial charge is 0.345 e. The van der Waals surface area contributed by atoms with Crippen LogP contribution in [0.25, 0.3) is 0 Å². The Bertz CT molecular complexity index is 305. The molecule has 1 heterocycles. The molecular formula is C8H11N3OS. The molecule has 0 spiro atoms. The average molecular weight is 197 g/mol. The topological polar surface area (TPSA) is 54.9 Å². The first-order valence-corrected chi connectivity index (χ1v) is 5.03. The highest BCUT2D eigenvalue weighted by atomic mass is 32.1. The Hall–Kier alpha value is -0.970. The lowest BCUT2D eigenvalue weighted by Crippen LogP contribution is -2.51. The van der Waals surface area contributed by atoms with Crippen molar-refractivity contribution < 1.29 is 4.79 Å². The maximum Gasteiger partial charge on any atom is 0.273 e. The fourth-order valence-electron chi connectivity index (χ4n) is 1.43. The molecule has 5 heteroatoms. The minimum absolute atomic E-state index is 0.000694. The van der Waals surface area contributed by atoms with Gasteiger partial charge in [-0.05, 0) is 26.2 Å². The number of aromatic nitrogens is 2. The van der Waals surface area contributed by atoms with Crippen LogP contribution in [0.1, 0.15) is 36.7 Å². The summed E-state index contributed by atoms with van der Waals surface area (Å²) in [5, 5.41) is 2.96. The van der Waals surface area contributed by atoms with Gasteiger partial charge in [0.2, 0.25) is 0 Å². The number of carbonyl (C=O) groups excluding carboxylic acids is 1. The molecule has 0 atom stereocenters. The summed E-state index contributed by atoms with van der Waals surface area (Å²) in [5.41, 5.74) is 0.430. The van der Waals surface area contributed by atoms with Crippen LogP contribution in [0.5, 0.6) is 0 Å². The van der Waals surface area contributed by atoms with Gasteiger partial charge in [0.15, 0.2) is 5.69 Å². The molecule has 1 aliphatic rings. The first kappa shape index (κ1) is 8.62. The smallest absolute Gasteiger partial charge is 0.273 e. The van der Waals surface area contributed by atoms with E-state index in [4.69, 9.17) is 0 Å². The number of hydrogen-bond donors (Lipinski definition) is 1. The molecule has 1 saturated carbocycles. The molecule has 0 bridgehead atoms. The van der Waals surface area contributed by atoms with Gasteiger partial charge < -0.3 is 5.32 Å². The highest BCUT2D eigenvalue weighted by Crippen LogP contribution is 2.31. The van der Waals surface area contributed by atoms with E-state index >= 15 is 0 Å². The van der Waals surface area contributed by atoms with Crippen molar-refractivity contribution >= 4 is 17.6 Å². The number of nitrogens with one attached hydrogen (secondary N) is 1. The second kappa shape index (κ2) is 3.06. The second-order valence-electron chi connectivity index (χ2n) is 3.66. The van der Waals surface area contributed by atoms with Gasteiger partial charge in [-0.3, -0.25) is 4.79 Å². The zero-order valence-corrected chi connectivity index (χ0v) is 8.23. The molecular weight excluding hydrogens is 186 g/mol. The fourth-order valence-corrected chi connectivity index (χ4v) is 1.85. The van der Waals surface area contributed by atoms with Crippen molar-refractivity contribution in [3.63, 3.8) is 0 Å². The Morgan fingerprint density at radius 2 is 2.46 bits per heavy atom. The Balaban J connectivity index is 1.99. The summed E-state index contributed by atoms with van der Waals surface area (Å²) in [7, 11) is 0. The van der Waals surface area contributed by atoms with Gasteiger partial charge in [-0.25, -0.2) is 0 Å². The van der Waals surface area contributed by atoms with E-state index in [1.165, 1.54) is 12.6 Å². The van der Waals surface area contributed by atoms with E-state index < -0.39 is 0 Å². The Morgan fingerprint density at radius 1 is 1.69 bits per heavy atom. The van der Waals surface area contributed by atoms with Crippen LogP contribution in [-0.4, -0.2) is 20.2 Å². The van der Waals surface area contributed by atoms with E-state index in [0.717, 1.165) is 24.6 Å². The van der Waals surface area contributed by atoms with Crippen LogP contribution in [0.2, 0.25) is 0 Å². The number of amides is 1. The number of nitrogens with zero attached hydrogens (tertiary/aromatic N) is 2. The third-order valence-corrected chi connectivity index (χ3v) is 2.94. The van der Waals surface area contributed by atoms with Crippen molar-refractivity contribution in [2.75, 3.05) is 0 Å². The number of hydrogen-bond acceptors (Lipinski definition) is 4. The molecule has 1 N–H and O–H groups in total. The third-order valence-electron chi connectivity index (χ3n) is 2.47. The first-order chi connectivity index (χ1) is 6.20. The van der Waals surface area contributed by atoms with Crippen LogP contribution >= 0.6 is 11.7 Å². The molecule has 2 rings (SSSR count). The van der Waals surface area contributed by atoms with E-state index in [2.05, 4.69) is 21.0 Å². The van der Waals surface area contributed by atoms with E-state index in [9.17, 15) is 4.79 Å². The molecule has 0 saturated heterocycles. The number of carbonyl (C=O) groups is 1. The summed E-state index contributed by atoms with van der Waals surface area (Å²) in [4.78, 5) is 11.5. The van der Waals surface area contributed by atoms with Crippen LogP contribution in [0, 0.1) is 0 Å². The standard InChI is InChI=1S/C8H11N3OS/c1-8(3-2-4-8)10-7(12)6-5-9-13-11-6/h5H,2-4H2,1H3,(H,10,12). The molecule has 13 heavy (non-hydrogen) atoms. The lowest BCUT2D eigenvalue weighted by atomic mass is 9.78. The Morgan fingerprint density at radius 3 is 2.92 bits per heavy atom. The predicted octanol–water partition coefficient (Wildman–Crippen LogP) is 1.21. The van der Waals surface area contributed by atoms with Gasteiger partial charge >= 0.3 is 0 Å². The lowest BCUT2D eigenvalue weighted by molar-refractivity contribution is 0.0846. The normalized spacial score (nSPS) is 19.2. The second-order valence-corrected chi connectivity index (χ2v) is 4.22. The molecule has 0 radical (unpaired) electrons. The van der Waals surface area contributed by atoms with Crippen molar-refractivity contribution in [2.45, 2.75) is 31.7 Å². The van der Waals surface area contributed by atoms with Crippen LogP contribution in [0.3, 0.4) is 0 Å². The summed E-state index contributed by atoms with van der Waals surface area (Å²) in [5.74, 6) is -0.101. The average Bonchev–Trinajstić information content (AvgIpc) is 2.53. The highest BCUT2D eigenvalue weighted by molar-refractivity contribution is 6.99. The van der Waals surface area contributed by atoms with Gasteiger partial charge in [0.05, 0.1) is 17.9 Å². The SMILES string of the molecule is CC1(NC(=O)c2cnsn2)CCC1. The van der Waals surface area contributed by atoms with E-state index in [0.29, 0.717) is 5.69 Å². The summed E-state index contributed by atoms with van der Waals surface area (Å²) >= 11 is 1.06. The molecule has 4 nitrogen and oxygen atoms in total. The van der Waals surface area contributed by atoms with E-state index in [1.807, 2.05) is 0 Å². The minimum Gasteiger partial charge on any atom is -0.345 e. The van der Waals surface area contributed by atoms with E-state index in [-0.39, 0.29) is 11.4 Å². The van der Waals surface area contributed by atoms with E-state index in [1.54, 1.807) is 0 Å². The van der Waals surface area contributed by atoms with Crippen molar-refractivity contribution in [1.82, 2.24) is 14.1 Å². The zero-order chi connectivity index (χ0) is 9.31. The lowest BCUT2D eigenvalue weighted by Gasteiger charge is -2.38. The summed E-state index contributed by atoms with van der Waals surface area (Å²) < 4.78 is 7.66. The molecule has 1 aromatic heterocycles. The molecule has 0 unspecified atom stereocenters. The molecule has 70 valence electrons. The van der Waals surface area contributed by atoms with Crippen molar-refractivity contribution in [3.8, 4) is 0 Å². The van der Waals surface area contributed by atoms with Gasteiger partial charge in [0.25, 0.3) is 5.91 Å². The highest BCUT2D eigenvalue weighted by Gasteiger charge is 2.33. The maximum absolute atomic E-state index is 11.5. The fraction of sp³-hybridized carbons (Fsp3) is 0.625. The Kier molecular flexibility index (Phi) is 2.03. The van der Waals surface area contributed by atoms with Crippen molar-refractivity contribution in [2.24, 2.45) is 0 Å². The van der Waals surface area contributed by atoms with Crippen LogP contribution in [0.4, 0.5) is 0 Å². The monoisotopic (exact) mass is 197 g/mol.